The normalized spacial score (nSPS) is 15.9. The fraction of sp³-hybridized carbons (Fsp3) is 0.0769. The summed E-state index contributed by atoms with van der Waals surface area (Å²) in [4.78, 5) is 4.90. The third-order valence-corrected chi connectivity index (χ3v) is 18.4. The average Bonchev–Trinajstić information content (AvgIpc) is 2.48. The third-order valence-electron chi connectivity index (χ3n) is 18.4. The van der Waals surface area contributed by atoms with Gasteiger partial charge in [-0.15, -0.1) is 0 Å². The number of furan rings is 2. The maximum Gasteiger partial charge on any atom is 0.159 e. The van der Waals surface area contributed by atoms with Crippen molar-refractivity contribution < 1.29 is 8.83 Å². The van der Waals surface area contributed by atoms with E-state index in [1.54, 1.807) is 0 Å². The molecule has 16 rings (SSSR count). The van der Waals surface area contributed by atoms with Crippen molar-refractivity contribution in [2.75, 3.05) is 9.80 Å². The van der Waals surface area contributed by atoms with Crippen molar-refractivity contribution in [2.45, 2.75) is 38.5 Å². The van der Waals surface area contributed by atoms with Crippen molar-refractivity contribution in [3.63, 3.8) is 0 Å². The molecule has 0 spiro atoms. The Labute approximate surface area is 477 Å². The molecular formula is C78H56N2O2. The van der Waals surface area contributed by atoms with E-state index in [2.05, 4.69) is 304 Å². The van der Waals surface area contributed by atoms with E-state index in [4.69, 9.17) is 8.83 Å². The molecule has 390 valence electrons. The van der Waals surface area contributed by atoms with Crippen LogP contribution < -0.4 is 9.80 Å². The molecule has 0 aliphatic heterocycles. The van der Waals surface area contributed by atoms with Crippen molar-refractivity contribution in [3.8, 4) is 44.5 Å². The Balaban J connectivity index is 0.951. The van der Waals surface area contributed by atoms with Gasteiger partial charge in [-0.3, -0.25) is 0 Å². The summed E-state index contributed by atoms with van der Waals surface area (Å²) in [6.07, 6.45) is 0. The Hall–Kier alpha value is -10.2. The van der Waals surface area contributed by atoms with E-state index >= 15 is 0 Å². The van der Waals surface area contributed by atoms with Crippen LogP contribution in [0, 0.1) is 13.8 Å². The lowest BCUT2D eigenvalue weighted by atomic mass is 9.56. The Bertz CT molecular complexity index is 4920. The molecule has 14 aromatic rings. The second kappa shape index (κ2) is 18.2. The summed E-state index contributed by atoms with van der Waals surface area (Å²) in [5.74, 6) is 0. The molecule has 4 heteroatoms. The van der Waals surface area contributed by atoms with Crippen molar-refractivity contribution in [1.82, 2.24) is 0 Å². The van der Waals surface area contributed by atoms with Gasteiger partial charge in [0, 0.05) is 54.9 Å². The molecule has 0 amide bonds. The molecule has 4 nitrogen and oxygen atoms in total. The Kier molecular flexibility index (Phi) is 10.6. The molecule has 2 unspecified atom stereocenters. The van der Waals surface area contributed by atoms with Crippen LogP contribution in [-0.2, 0) is 10.8 Å². The lowest BCUT2D eigenvalue weighted by Gasteiger charge is -2.45. The molecule has 2 aromatic heterocycles. The number of benzene rings is 12. The molecule has 0 radical (unpaired) electrons. The Morgan fingerprint density at radius 2 is 0.695 bits per heavy atom. The van der Waals surface area contributed by atoms with Gasteiger partial charge in [-0.25, -0.2) is 0 Å². The molecular weight excluding hydrogens is 997 g/mol. The molecule has 0 N–H and O–H groups in total. The van der Waals surface area contributed by atoms with E-state index in [9.17, 15) is 0 Å². The van der Waals surface area contributed by atoms with Crippen LogP contribution in [0.4, 0.5) is 34.1 Å². The Morgan fingerprint density at radius 3 is 1.23 bits per heavy atom. The Morgan fingerprint density at radius 1 is 0.293 bits per heavy atom. The maximum absolute atomic E-state index is 6.96. The summed E-state index contributed by atoms with van der Waals surface area (Å²) in [6.45, 7) is 9.42. The highest BCUT2D eigenvalue weighted by Crippen LogP contribution is 2.66. The maximum atomic E-state index is 6.96. The fourth-order valence-electron chi connectivity index (χ4n) is 14.4. The van der Waals surface area contributed by atoms with E-state index in [1.165, 1.54) is 61.2 Å². The minimum absolute atomic E-state index is 0.606. The molecule has 2 heterocycles. The lowest BCUT2D eigenvalue weighted by Crippen LogP contribution is -2.44. The van der Waals surface area contributed by atoms with Crippen molar-refractivity contribution >= 4 is 78.0 Å². The number of rotatable bonds is 9. The van der Waals surface area contributed by atoms with Crippen LogP contribution in [0.5, 0.6) is 0 Å². The minimum Gasteiger partial charge on any atom is -0.454 e. The van der Waals surface area contributed by atoms with E-state index in [0.717, 1.165) is 94.7 Å². The number of para-hydroxylation sites is 6. The van der Waals surface area contributed by atoms with Crippen LogP contribution in [0.3, 0.4) is 0 Å². The van der Waals surface area contributed by atoms with Crippen LogP contribution in [0.2, 0.25) is 0 Å². The van der Waals surface area contributed by atoms with E-state index < -0.39 is 10.8 Å². The van der Waals surface area contributed by atoms with E-state index in [1.807, 2.05) is 0 Å². The zero-order valence-electron chi connectivity index (χ0n) is 46.1. The largest absolute Gasteiger partial charge is 0.454 e. The average molecular weight is 1050 g/mol. The molecule has 0 fully saturated rings. The molecule has 2 atom stereocenters. The predicted octanol–water partition coefficient (Wildman–Crippen LogP) is 21.6. The molecule has 2 aliphatic carbocycles. The first-order valence-corrected chi connectivity index (χ1v) is 28.5. The van der Waals surface area contributed by atoms with Gasteiger partial charge in [-0.05, 0) is 136 Å². The standard InChI is InChI=1S/C78H56N2O2/c1-49-22-19-24-51(46-49)55-26-9-15-36-69(55)79(71-38-20-32-63-61-30-11-17-40-73(61)81-75(63)71)52-42-44-58-56-27-7-13-34-65(56)77(3,67(58)47-52)78(4)66-35-14-8-28-57(66)59-45-43-53(48-68(59)78)80(70-37-16-10-29-60(70)54-25-6-5-23-50(54)2)72-39-21-33-64-62-31-12-18-41-74(62)82-76(64)72/h5-48H,1-4H3. The predicted molar refractivity (Wildman–Crippen MR) is 341 cm³/mol. The summed E-state index contributed by atoms with van der Waals surface area (Å²) in [6, 6.07) is 98.0. The van der Waals surface area contributed by atoms with Gasteiger partial charge in [0.1, 0.15) is 11.2 Å². The van der Waals surface area contributed by atoms with Crippen LogP contribution in [0.25, 0.3) is 88.4 Å². The minimum atomic E-state index is -0.607. The van der Waals surface area contributed by atoms with Gasteiger partial charge >= 0.3 is 0 Å². The van der Waals surface area contributed by atoms with E-state index in [0.29, 0.717) is 0 Å². The van der Waals surface area contributed by atoms with Crippen LogP contribution >= 0.6 is 0 Å². The third kappa shape index (κ3) is 6.85. The highest BCUT2D eigenvalue weighted by atomic mass is 16.3. The number of fused-ring (bicyclic) bond motifs is 12. The number of hydrogen-bond acceptors (Lipinski definition) is 4. The van der Waals surface area contributed by atoms with Gasteiger partial charge in [0.05, 0.1) is 22.7 Å². The summed E-state index contributed by atoms with van der Waals surface area (Å²) < 4.78 is 13.9. The first-order chi connectivity index (χ1) is 40.3. The van der Waals surface area contributed by atoms with Crippen molar-refractivity contribution in [2.24, 2.45) is 0 Å². The second-order valence-corrected chi connectivity index (χ2v) is 22.7. The first kappa shape index (κ1) is 47.8. The van der Waals surface area contributed by atoms with Crippen molar-refractivity contribution in [3.05, 3.63) is 300 Å². The SMILES string of the molecule is Cc1cccc(-c2ccccc2N(c2ccc3c(c2)C(C)(C2(C)c4ccccc4-c4ccc(N(c5ccccc5-c5ccccc5C)c5cccc6c5oc5ccccc56)cc42)c2ccccc2-3)c2cccc3c2oc2ccccc23)c1. The van der Waals surface area contributed by atoms with Gasteiger partial charge in [-0.2, -0.15) is 0 Å². The smallest absolute Gasteiger partial charge is 0.159 e. The van der Waals surface area contributed by atoms with Gasteiger partial charge in [0.25, 0.3) is 0 Å². The number of hydrogen-bond donors (Lipinski definition) is 0. The molecule has 12 aromatic carbocycles. The van der Waals surface area contributed by atoms with Gasteiger partial charge in [0.2, 0.25) is 0 Å². The zero-order chi connectivity index (χ0) is 54.8. The highest BCUT2D eigenvalue weighted by Gasteiger charge is 2.58. The van der Waals surface area contributed by atoms with Gasteiger partial charge in [-0.1, -0.05) is 226 Å². The lowest BCUT2D eigenvalue weighted by molar-refractivity contribution is 0.376. The molecule has 0 saturated carbocycles. The summed E-state index contributed by atoms with van der Waals surface area (Å²) in [7, 11) is 0. The number of aryl methyl sites for hydroxylation is 2. The fourth-order valence-corrected chi connectivity index (χ4v) is 14.4. The number of anilines is 6. The summed E-state index contributed by atoms with van der Waals surface area (Å²) in [5.41, 5.74) is 25.6. The monoisotopic (exact) mass is 1050 g/mol. The first-order valence-electron chi connectivity index (χ1n) is 28.5. The number of nitrogens with zero attached hydrogens (tertiary/aromatic N) is 2. The van der Waals surface area contributed by atoms with Crippen LogP contribution in [-0.4, -0.2) is 0 Å². The topological polar surface area (TPSA) is 32.8 Å². The molecule has 82 heavy (non-hydrogen) atoms. The zero-order valence-corrected chi connectivity index (χ0v) is 46.1. The molecule has 0 bridgehead atoms. The molecule has 0 saturated heterocycles. The highest BCUT2D eigenvalue weighted by molar-refractivity contribution is 6.12. The van der Waals surface area contributed by atoms with Crippen molar-refractivity contribution in [1.29, 1.82) is 0 Å². The van der Waals surface area contributed by atoms with Gasteiger partial charge < -0.3 is 18.6 Å². The molecule has 2 aliphatic rings. The quantitative estimate of drug-likeness (QED) is 0.144. The second-order valence-electron chi connectivity index (χ2n) is 22.7. The summed E-state index contributed by atoms with van der Waals surface area (Å²) >= 11 is 0. The van der Waals surface area contributed by atoms with Crippen LogP contribution in [0.15, 0.2) is 276 Å². The van der Waals surface area contributed by atoms with E-state index in [-0.39, 0.29) is 0 Å². The van der Waals surface area contributed by atoms with Crippen LogP contribution in [0.1, 0.15) is 47.2 Å². The van der Waals surface area contributed by atoms with Gasteiger partial charge in [0.15, 0.2) is 11.2 Å². The summed E-state index contributed by atoms with van der Waals surface area (Å²) in [5, 5.41) is 4.36.